The first-order chi connectivity index (χ1) is 12.3. The lowest BCUT2D eigenvalue weighted by Crippen LogP contribution is -2.46. The number of aliphatic hydroxyl groups excluding tert-OH is 1. The highest BCUT2D eigenvalue weighted by molar-refractivity contribution is 5.16. The first kappa shape index (κ1) is 19.9. The van der Waals surface area contributed by atoms with Crippen LogP contribution in [0.5, 0.6) is 0 Å². The Balaban J connectivity index is 1.98. The number of hydrogen-bond donors (Lipinski definition) is 1. The van der Waals surface area contributed by atoms with Crippen molar-refractivity contribution in [3.63, 3.8) is 0 Å². The molecule has 0 radical (unpaired) electrons. The Morgan fingerprint density at radius 3 is 2.54 bits per heavy atom. The van der Waals surface area contributed by atoms with Crippen LogP contribution >= 0.6 is 0 Å². The van der Waals surface area contributed by atoms with E-state index in [9.17, 15) is 5.11 Å². The zero-order valence-corrected chi connectivity index (χ0v) is 17.6. The van der Waals surface area contributed by atoms with Crippen molar-refractivity contribution in [2.24, 2.45) is 28.6 Å². The monoisotopic (exact) mass is 356 g/mol. The van der Waals surface area contributed by atoms with E-state index in [0.29, 0.717) is 16.7 Å². The van der Waals surface area contributed by atoms with Gasteiger partial charge in [0, 0.05) is 0 Å². The van der Waals surface area contributed by atoms with Gasteiger partial charge in [0.25, 0.3) is 0 Å². The zero-order chi connectivity index (χ0) is 18.9. The molecule has 0 bridgehead atoms. The van der Waals surface area contributed by atoms with Gasteiger partial charge in [0.1, 0.15) is 0 Å². The highest BCUT2D eigenvalue weighted by Crippen LogP contribution is 2.65. The molecule has 0 spiro atoms. The number of hydrogen-bond acceptors (Lipinski definition) is 1. The van der Waals surface area contributed by atoms with Gasteiger partial charge in [-0.25, -0.2) is 0 Å². The number of allylic oxidation sites excluding steroid dienone is 4. The van der Waals surface area contributed by atoms with E-state index < -0.39 is 0 Å². The van der Waals surface area contributed by atoms with Crippen LogP contribution in [0.15, 0.2) is 35.5 Å². The molecule has 3 aliphatic rings. The van der Waals surface area contributed by atoms with Crippen LogP contribution in [0.1, 0.15) is 85.5 Å². The third-order valence-electron chi connectivity index (χ3n) is 8.36. The molecule has 2 fully saturated rings. The van der Waals surface area contributed by atoms with E-state index in [1.54, 1.807) is 0 Å². The van der Waals surface area contributed by atoms with E-state index in [1.165, 1.54) is 55.2 Å². The second-order valence-electron chi connectivity index (χ2n) is 10.3. The summed E-state index contributed by atoms with van der Waals surface area (Å²) in [5.74, 6) is 2.21. The van der Waals surface area contributed by atoms with Crippen molar-refractivity contribution in [2.45, 2.75) is 85.5 Å². The first-order valence-corrected chi connectivity index (χ1v) is 10.9. The van der Waals surface area contributed by atoms with Gasteiger partial charge in [-0.1, -0.05) is 43.7 Å². The van der Waals surface area contributed by atoms with Gasteiger partial charge in [0.05, 0.1) is 6.61 Å². The van der Waals surface area contributed by atoms with Crippen LogP contribution in [0.25, 0.3) is 0 Å². The summed E-state index contributed by atoms with van der Waals surface area (Å²) in [4.78, 5) is 0. The molecule has 0 aromatic heterocycles. The minimum atomic E-state index is 0.234. The molecule has 2 saturated carbocycles. The molecule has 146 valence electrons. The van der Waals surface area contributed by atoms with E-state index >= 15 is 0 Å². The van der Waals surface area contributed by atoms with Crippen LogP contribution in [-0.2, 0) is 0 Å². The Hall–Kier alpha value is -0.820. The van der Waals surface area contributed by atoms with Gasteiger partial charge in [-0.3, -0.25) is 0 Å². The SMILES string of the molecule is C=C(C)C1CCC2(C)CCC3(C)CC=C(C)CCC=C(CO)CCC3C12. The van der Waals surface area contributed by atoms with Crippen molar-refractivity contribution >= 4 is 0 Å². The van der Waals surface area contributed by atoms with Crippen molar-refractivity contribution in [3.05, 3.63) is 35.5 Å². The standard InChI is InChI=1S/C25H40O/c1-18(2)21-12-14-25(5)16-15-24(4)13-11-19(3)7-6-8-20(17-26)9-10-22(24)23(21)25/h8,11,21-23,26H,1,6-7,9-10,12-17H2,2-5H3. The maximum Gasteiger partial charge on any atom is 0.0641 e. The van der Waals surface area contributed by atoms with E-state index in [4.69, 9.17) is 0 Å². The molecule has 0 saturated heterocycles. The Kier molecular flexibility index (Phi) is 5.87. The summed E-state index contributed by atoms with van der Waals surface area (Å²) in [6, 6.07) is 0. The molecular weight excluding hydrogens is 316 g/mol. The molecule has 3 rings (SSSR count). The molecule has 3 aliphatic carbocycles. The summed E-state index contributed by atoms with van der Waals surface area (Å²) in [6.45, 7) is 14.3. The predicted octanol–water partition coefficient (Wildman–Crippen LogP) is 6.84. The molecular formula is C25H40O. The lowest BCUT2D eigenvalue weighted by atomic mass is 9.51. The number of aliphatic hydroxyl groups is 1. The van der Waals surface area contributed by atoms with Crippen LogP contribution in [0.4, 0.5) is 0 Å². The molecule has 0 aliphatic heterocycles. The van der Waals surface area contributed by atoms with Gasteiger partial charge < -0.3 is 5.11 Å². The van der Waals surface area contributed by atoms with Crippen molar-refractivity contribution in [3.8, 4) is 0 Å². The summed E-state index contributed by atoms with van der Waals surface area (Å²) in [7, 11) is 0. The van der Waals surface area contributed by atoms with Gasteiger partial charge >= 0.3 is 0 Å². The fraction of sp³-hybridized carbons (Fsp3) is 0.760. The zero-order valence-electron chi connectivity index (χ0n) is 17.6. The van der Waals surface area contributed by atoms with Gasteiger partial charge in [0.15, 0.2) is 0 Å². The fourth-order valence-corrected chi connectivity index (χ4v) is 6.50. The van der Waals surface area contributed by atoms with Crippen molar-refractivity contribution < 1.29 is 5.11 Å². The average molecular weight is 357 g/mol. The van der Waals surface area contributed by atoms with Gasteiger partial charge in [-0.2, -0.15) is 0 Å². The Labute approximate surface area is 161 Å². The topological polar surface area (TPSA) is 20.2 Å². The Morgan fingerprint density at radius 2 is 1.85 bits per heavy atom. The van der Waals surface area contributed by atoms with Crippen LogP contribution in [0.2, 0.25) is 0 Å². The Morgan fingerprint density at radius 1 is 1.12 bits per heavy atom. The van der Waals surface area contributed by atoms with Crippen LogP contribution in [0, 0.1) is 28.6 Å². The smallest absolute Gasteiger partial charge is 0.0641 e. The summed E-state index contributed by atoms with van der Waals surface area (Å²) in [5.41, 5.74) is 5.09. The summed E-state index contributed by atoms with van der Waals surface area (Å²) in [5, 5.41) is 9.85. The van der Waals surface area contributed by atoms with E-state index in [-0.39, 0.29) is 6.61 Å². The third-order valence-corrected chi connectivity index (χ3v) is 8.36. The van der Waals surface area contributed by atoms with Crippen molar-refractivity contribution in [2.75, 3.05) is 6.61 Å². The summed E-state index contributed by atoms with van der Waals surface area (Å²) >= 11 is 0. The molecule has 0 aromatic carbocycles. The summed E-state index contributed by atoms with van der Waals surface area (Å²) in [6.07, 6.45) is 16.1. The highest BCUT2D eigenvalue weighted by Gasteiger charge is 2.56. The third kappa shape index (κ3) is 3.75. The van der Waals surface area contributed by atoms with Crippen LogP contribution in [0.3, 0.4) is 0 Å². The fourth-order valence-electron chi connectivity index (χ4n) is 6.50. The summed E-state index contributed by atoms with van der Waals surface area (Å²) < 4.78 is 0. The van der Waals surface area contributed by atoms with Crippen molar-refractivity contribution in [1.82, 2.24) is 0 Å². The number of fused-ring (bicyclic) bond motifs is 3. The second-order valence-corrected chi connectivity index (χ2v) is 10.3. The second kappa shape index (κ2) is 7.66. The van der Waals surface area contributed by atoms with Crippen LogP contribution in [-0.4, -0.2) is 11.7 Å². The predicted molar refractivity (Wildman–Crippen MR) is 112 cm³/mol. The quantitative estimate of drug-likeness (QED) is 0.537. The molecule has 1 N–H and O–H groups in total. The Bertz CT molecular complexity index is 597. The van der Waals surface area contributed by atoms with E-state index in [2.05, 4.69) is 46.4 Å². The first-order valence-electron chi connectivity index (χ1n) is 10.9. The average Bonchev–Trinajstić information content (AvgIpc) is 2.94. The molecule has 0 amide bonds. The number of rotatable bonds is 2. The maximum atomic E-state index is 9.85. The molecule has 5 atom stereocenters. The van der Waals surface area contributed by atoms with Gasteiger partial charge in [0.2, 0.25) is 0 Å². The minimum Gasteiger partial charge on any atom is -0.392 e. The molecule has 26 heavy (non-hydrogen) atoms. The van der Waals surface area contributed by atoms with Crippen LogP contribution < -0.4 is 0 Å². The van der Waals surface area contributed by atoms with Gasteiger partial charge in [-0.05, 0) is 106 Å². The minimum absolute atomic E-state index is 0.234. The van der Waals surface area contributed by atoms with E-state index in [1.807, 2.05) is 0 Å². The van der Waals surface area contributed by atoms with Crippen molar-refractivity contribution in [1.29, 1.82) is 0 Å². The normalized spacial score (nSPS) is 41.3. The lowest BCUT2D eigenvalue weighted by molar-refractivity contribution is -0.0354. The molecule has 1 heteroatoms. The molecule has 5 unspecified atom stereocenters. The molecule has 0 heterocycles. The largest absolute Gasteiger partial charge is 0.392 e. The molecule has 1 nitrogen and oxygen atoms in total. The highest BCUT2D eigenvalue weighted by atomic mass is 16.3. The van der Waals surface area contributed by atoms with E-state index in [0.717, 1.165) is 31.1 Å². The molecule has 0 aromatic rings. The lowest BCUT2D eigenvalue weighted by Gasteiger charge is -2.54. The maximum absolute atomic E-state index is 9.85. The van der Waals surface area contributed by atoms with Gasteiger partial charge in [-0.15, -0.1) is 0 Å².